The lowest BCUT2D eigenvalue weighted by atomic mass is 10.0. The van der Waals surface area contributed by atoms with Gasteiger partial charge in [0.1, 0.15) is 6.04 Å². The molecule has 1 saturated carbocycles. The fraction of sp³-hybridized carbons (Fsp3) is 0.647. The second kappa shape index (κ2) is 8.53. The molecule has 1 aromatic heterocycles. The molecular formula is C17H26ClN3O3. The van der Waals surface area contributed by atoms with Crippen LogP contribution in [0, 0.1) is 5.92 Å². The summed E-state index contributed by atoms with van der Waals surface area (Å²) in [5.74, 6) is 0.738. The highest BCUT2D eigenvalue weighted by atomic mass is 35.5. The predicted octanol–water partition coefficient (Wildman–Crippen LogP) is 1.81. The van der Waals surface area contributed by atoms with Gasteiger partial charge in [0.15, 0.2) is 5.76 Å². The average Bonchev–Trinajstić information content (AvgIpc) is 3.23. The fourth-order valence-corrected chi connectivity index (χ4v) is 2.97. The Kier molecular flexibility index (Phi) is 6.69. The van der Waals surface area contributed by atoms with Crippen LogP contribution in [0.15, 0.2) is 22.8 Å². The summed E-state index contributed by atoms with van der Waals surface area (Å²) in [6.07, 6.45) is 6.13. The minimum absolute atomic E-state index is 0. The lowest BCUT2D eigenvalue weighted by Crippen LogP contribution is -2.51. The van der Waals surface area contributed by atoms with Crippen LogP contribution in [0.2, 0.25) is 0 Å². The Morgan fingerprint density at radius 2 is 2.00 bits per heavy atom. The normalized spacial score (nSPS) is 19.5. The zero-order chi connectivity index (χ0) is 16.2. The molecule has 2 amide bonds. The summed E-state index contributed by atoms with van der Waals surface area (Å²) < 4.78 is 5.04. The maximum atomic E-state index is 12.4. The first kappa shape index (κ1) is 18.8. The molecule has 0 spiro atoms. The van der Waals surface area contributed by atoms with Gasteiger partial charge in [0.05, 0.1) is 6.26 Å². The van der Waals surface area contributed by atoms with E-state index in [1.54, 1.807) is 19.1 Å². The van der Waals surface area contributed by atoms with Crippen LogP contribution in [0.25, 0.3) is 0 Å². The van der Waals surface area contributed by atoms with Crippen molar-refractivity contribution < 1.29 is 14.0 Å². The number of carbonyl (C=O) groups is 2. The molecular weight excluding hydrogens is 330 g/mol. The van der Waals surface area contributed by atoms with Gasteiger partial charge in [-0.2, -0.15) is 0 Å². The quantitative estimate of drug-likeness (QED) is 0.816. The Labute approximate surface area is 148 Å². The van der Waals surface area contributed by atoms with Crippen molar-refractivity contribution in [3.63, 3.8) is 0 Å². The molecule has 2 heterocycles. The third-order valence-electron chi connectivity index (χ3n) is 4.66. The number of halogens is 1. The van der Waals surface area contributed by atoms with Crippen molar-refractivity contribution in [2.45, 2.75) is 44.7 Å². The van der Waals surface area contributed by atoms with E-state index in [0.717, 1.165) is 38.4 Å². The SMILES string of the molecule is CC(NC(=O)c1ccco1)C(=O)N1CCC(NCC2CC2)CC1.Cl. The topological polar surface area (TPSA) is 74.6 Å². The maximum absolute atomic E-state index is 12.4. The van der Waals surface area contributed by atoms with Crippen molar-refractivity contribution in [1.29, 1.82) is 0 Å². The van der Waals surface area contributed by atoms with Gasteiger partial charge in [0, 0.05) is 19.1 Å². The van der Waals surface area contributed by atoms with Gasteiger partial charge in [0.25, 0.3) is 5.91 Å². The molecule has 2 aliphatic rings. The van der Waals surface area contributed by atoms with Crippen molar-refractivity contribution in [1.82, 2.24) is 15.5 Å². The number of carbonyl (C=O) groups excluding carboxylic acids is 2. The van der Waals surface area contributed by atoms with E-state index in [9.17, 15) is 9.59 Å². The monoisotopic (exact) mass is 355 g/mol. The molecule has 0 bridgehead atoms. The number of furan rings is 1. The van der Waals surface area contributed by atoms with Gasteiger partial charge in [-0.05, 0) is 57.2 Å². The molecule has 1 aliphatic heterocycles. The summed E-state index contributed by atoms with van der Waals surface area (Å²) >= 11 is 0. The first-order valence-corrected chi connectivity index (χ1v) is 8.50. The Morgan fingerprint density at radius 1 is 1.29 bits per heavy atom. The van der Waals surface area contributed by atoms with Gasteiger partial charge in [-0.25, -0.2) is 0 Å². The van der Waals surface area contributed by atoms with E-state index in [1.807, 2.05) is 4.90 Å². The van der Waals surface area contributed by atoms with Crippen molar-refractivity contribution in [2.75, 3.05) is 19.6 Å². The molecule has 0 radical (unpaired) electrons. The van der Waals surface area contributed by atoms with Crippen LogP contribution in [0.1, 0.15) is 43.2 Å². The molecule has 6 nitrogen and oxygen atoms in total. The van der Waals surface area contributed by atoms with Crippen molar-refractivity contribution >= 4 is 24.2 Å². The molecule has 3 rings (SSSR count). The molecule has 1 atom stereocenters. The smallest absolute Gasteiger partial charge is 0.287 e. The summed E-state index contributed by atoms with van der Waals surface area (Å²) in [4.78, 5) is 26.2. The van der Waals surface area contributed by atoms with E-state index >= 15 is 0 Å². The zero-order valence-corrected chi connectivity index (χ0v) is 14.8. The number of rotatable bonds is 6. The molecule has 1 saturated heterocycles. The standard InChI is InChI=1S/C17H25N3O3.ClH/c1-12(19-16(21)15-3-2-10-23-15)17(22)20-8-6-14(7-9-20)18-11-13-4-5-13;/h2-3,10,12-14,18H,4-9,11H2,1H3,(H,19,21);1H. The summed E-state index contributed by atoms with van der Waals surface area (Å²) in [5, 5.41) is 6.30. The molecule has 1 unspecified atom stereocenters. The van der Waals surface area contributed by atoms with Crippen LogP contribution in [0.3, 0.4) is 0 Å². The molecule has 134 valence electrons. The van der Waals surface area contributed by atoms with Crippen molar-refractivity contribution in [3.8, 4) is 0 Å². The minimum Gasteiger partial charge on any atom is -0.459 e. The van der Waals surface area contributed by atoms with Crippen molar-refractivity contribution in [3.05, 3.63) is 24.2 Å². The van der Waals surface area contributed by atoms with E-state index in [2.05, 4.69) is 10.6 Å². The van der Waals surface area contributed by atoms with E-state index in [4.69, 9.17) is 4.42 Å². The van der Waals surface area contributed by atoms with Crippen LogP contribution in [0.5, 0.6) is 0 Å². The molecule has 7 heteroatoms. The minimum atomic E-state index is -0.538. The van der Waals surface area contributed by atoms with Gasteiger partial charge >= 0.3 is 0 Å². The third kappa shape index (κ3) is 4.98. The average molecular weight is 356 g/mol. The van der Waals surface area contributed by atoms with Crippen LogP contribution in [-0.2, 0) is 4.79 Å². The van der Waals surface area contributed by atoms with Crippen molar-refractivity contribution in [2.24, 2.45) is 5.92 Å². The Hall–Kier alpha value is -1.53. The Balaban J connectivity index is 0.00000208. The van der Waals surface area contributed by atoms with Crippen LogP contribution >= 0.6 is 12.4 Å². The number of hydrogen-bond acceptors (Lipinski definition) is 4. The van der Waals surface area contributed by atoms with Crippen LogP contribution < -0.4 is 10.6 Å². The number of nitrogens with one attached hydrogen (secondary N) is 2. The predicted molar refractivity (Wildman–Crippen MR) is 93.2 cm³/mol. The lowest BCUT2D eigenvalue weighted by molar-refractivity contribution is -0.133. The lowest BCUT2D eigenvalue weighted by Gasteiger charge is -2.34. The fourth-order valence-electron chi connectivity index (χ4n) is 2.97. The second-order valence-electron chi connectivity index (χ2n) is 6.62. The number of piperidine rings is 1. The summed E-state index contributed by atoms with van der Waals surface area (Å²) in [6, 6.07) is 3.22. The zero-order valence-electron chi connectivity index (χ0n) is 14.0. The van der Waals surface area contributed by atoms with Gasteiger partial charge in [-0.1, -0.05) is 0 Å². The van der Waals surface area contributed by atoms with E-state index in [0.29, 0.717) is 6.04 Å². The first-order valence-electron chi connectivity index (χ1n) is 8.50. The van der Waals surface area contributed by atoms with E-state index < -0.39 is 6.04 Å². The highest BCUT2D eigenvalue weighted by molar-refractivity contribution is 5.95. The second-order valence-corrected chi connectivity index (χ2v) is 6.62. The highest BCUT2D eigenvalue weighted by Gasteiger charge is 2.28. The molecule has 24 heavy (non-hydrogen) atoms. The maximum Gasteiger partial charge on any atom is 0.287 e. The summed E-state index contributed by atoms with van der Waals surface area (Å²) in [6.45, 7) is 4.35. The Morgan fingerprint density at radius 3 is 2.58 bits per heavy atom. The number of nitrogens with zero attached hydrogens (tertiary/aromatic N) is 1. The van der Waals surface area contributed by atoms with E-state index in [-0.39, 0.29) is 30.0 Å². The first-order chi connectivity index (χ1) is 11.1. The molecule has 2 fully saturated rings. The van der Waals surface area contributed by atoms with Gasteiger partial charge < -0.3 is 20.0 Å². The molecule has 1 aromatic rings. The number of likely N-dealkylation sites (tertiary alicyclic amines) is 1. The Bertz CT molecular complexity index is 537. The summed E-state index contributed by atoms with van der Waals surface area (Å²) in [5.41, 5.74) is 0. The van der Waals surface area contributed by atoms with Crippen LogP contribution in [-0.4, -0.2) is 48.4 Å². The largest absolute Gasteiger partial charge is 0.459 e. The molecule has 1 aliphatic carbocycles. The van der Waals surface area contributed by atoms with E-state index in [1.165, 1.54) is 19.1 Å². The van der Waals surface area contributed by atoms with Gasteiger partial charge in [-0.3, -0.25) is 9.59 Å². The molecule has 2 N–H and O–H groups in total. The number of hydrogen-bond donors (Lipinski definition) is 2. The van der Waals surface area contributed by atoms with Gasteiger partial charge in [-0.15, -0.1) is 12.4 Å². The third-order valence-corrected chi connectivity index (χ3v) is 4.66. The number of amides is 2. The highest BCUT2D eigenvalue weighted by Crippen LogP contribution is 2.28. The molecule has 0 aromatic carbocycles. The van der Waals surface area contributed by atoms with Gasteiger partial charge in [0.2, 0.25) is 5.91 Å². The summed E-state index contributed by atoms with van der Waals surface area (Å²) in [7, 11) is 0. The van der Waals surface area contributed by atoms with Crippen LogP contribution in [0.4, 0.5) is 0 Å².